The second-order valence-corrected chi connectivity index (χ2v) is 8.06. The molecule has 0 saturated heterocycles. The smallest absolute Gasteiger partial charge is 0.271 e. The number of aromatic hydroxyl groups is 1. The highest BCUT2D eigenvalue weighted by Crippen LogP contribution is 2.42. The number of hydrogen-bond donors (Lipinski definition) is 2. The Balaban J connectivity index is 1.61. The van der Waals surface area contributed by atoms with Gasteiger partial charge in [0.15, 0.2) is 11.5 Å². The summed E-state index contributed by atoms with van der Waals surface area (Å²) >= 11 is 0. The number of aromatic amines is 1. The first-order valence-electron chi connectivity index (χ1n) is 11.3. The minimum atomic E-state index is -0.494. The average Bonchev–Trinajstić information content (AvgIpc) is 3.39. The molecular formula is C28H21N5O4. The number of ether oxygens (including phenoxy) is 1. The normalized spacial score (nSPS) is 11.1. The van der Waals surface area contributed by atoms with Crippen LogP contribution in [0.5, 0.6) is 11.5 Å². The number of nitrogens with zero attached hydrogens (tertiary/aromatic N) is 4. The molecule has 5 rings (SSSR count). The fourth-order valence-corrected chi connectivity index (χ4v) is 3.89. The van der Waals surface area contributed by atoms with Crippen molar-refractivity contribution >= 4 is 17.1 Å². The molecule has 0 unspecified atom stereocenters. The van der Waals surface area contributed by atoms with E-state index in [2.05, 4.69) is 15.2 Å². The SMILES string of the molecule is COc1cc(N=Nc2cccc([N+](=O)[O-])c2)cc(-c2nc(-c3ccccc3)c(-c3ccccc3)[nH]2)c1O. The van der Waals surface area contributed by atoms with Crippen molar-refractivity contribution in [1.82, 2.24) is 9.97 Å². The summed E-state index contributed by atoms with van der Waals surface area (Å²) in [6, 6.07) is 28.5. The Morgan fingerprint density at radius 1 is 0.865 bits per heavy atom. The van der Waals surface area contributed by atoms with E-state index >= 15 is 0 Å². The minimum Gasteiger partial charge on any atom is -0.504 e. The molecule has 0 atom stereocenters. The zero-order valence-electron chi connectivity index (χ0n) is 19.7. The van der Waals surface area contributed by atoms with Crippen molar-refractivity contribution in [2.45, 2.75) is 0 Å². The van der Waals surface area contributed by atoms with Crippen molar-refractivity contribution in [2.75, 3.05) is 7.11 Å². The number of nitro benzene ring substituents is 1. The van der Waals surface area contributed by atoms with Crippen LogP contribution in [0.3, 0.4) is 0 Å². The van der Waals surface area contributed by atoms with Gasteiger partial charge >= 0.3 is 0 Å². The van der Waals surface area contributed by atoms with Gasteiger partial charge in [-0.1, -0.05) is 66.7 Å². The molecule has 4 aromatic carbocycles. The molecule has 2 N–H and O–H groups in total. The number of benzene rings is 4. The second kappa shape index (κ2) is 10.1. The number of aromatic nitrogens is 2. The lowest BCUT2D eigenvalue weighted by Gasteiger charge is -2.08. The predicted octanol–water partition coefficient (Wildman–Crippen LogP) is 7.45. The Morgan fingerprint density at radius 3 is 2.22 bits per heavy atom. The van der Waals surface area contributed by atoms with Gasteiger partial charge in [-0.05, 0) is 12.1 Å². The van der Waals surface area contributed by atoms with Gasteiger partial charge in [0.25, 0.3) is 5.69 Å². The van der Waals surface area contributed by atoms with Crippen molar-refractivity contribution < 1.29 is 14.8 Å². The number of nitro groups is 1. The predicted molar refractivity (Wildman–Crippen MR) is 140 cm³/mol. The summed E-state index contributed by atoms with van der Waals surface area (Å²) in [4.78, 5) is 18.8. The zero-order chi connectivity index (χ0) is 25.8. The third-order valence-electron chi connectivity index (χ3n) is 5.67. The molecule has 0 amide bonds. The Morgan fingerprint density at radius 2 is 1.54 bits per heavy atom. The van der Waals surface area contributed by atoms with E-state index in [1.54, 1.807) is 12.1 Å². The Labute approximate surface area is 211 Å². The number of nitrogens with one attached hydrogen (secondary N) is 1. The maximum absolute atomic E-state index is 11.1. The molecule has 0 bridgehead atoms. The van der Waals surface area contributed by atoms with E-state index in [0.717, 1.165) is 22.5 Å². The fraction of sp³-hybridized carbons (Fsp3) is 0.0357. The molecule has 1 heterocycles. The van der Waals surface area contributed by atoms with Crippen LogP contribution in [-0.4, -0.2) is 27.1 Å². The number of imidazole rings is 1. The van der Waals surface area contributed by atoms with Crippen LogP contribution in [-0.2, 0) is 0 Å². The first-order chi connectivity index (χ1) is 18.0. The van der Waals surface area contributed by atoms with Crippen molar-refractivity contribution in [1.29, 1.82) is 0 Å². The molecule has 0 aliphatic rings. The number of methoxy groups -OCH3 is 1. The summed E-state index contributed by atoms with van der Waals surface area (Å²) < 4.78 is 5.37. The number of hydrogen-bond acceptors (Lipinski definition) is 7. The molecule has 37 heavy (non-hydrogen) atoms. The van der Waals surface area contributed by atoms with Gasteiger partial charge in [0.05, 0.1) is 40.4 Å². The van der Waals surface area contributed by atoms with E-state index in [-0.39, 0.29) is 17.2 Å². The molecule has 5 aromatic rings. The molecule has 182 valence electrons. The fourth-order valence-electron chi connectivity index (χ4n) is 3.89. The molecule has 1 aromatic heterocycles. The largest absolute Gasteiger partial charge is 0.504 e. The molecule has 0 fully saturated rings. The van der Waals surface area contributed by atoms with Crippen molar-refractivity contribution in [3.05, 3.63) is 107 Å². The van der Waals surface area contributed by atoms with Crippen LogP contribution in [0, 0.1) is 10.1 Å². The standard InChI is InChI=1S/C28H21N5O4/c1-37-24-17-21(32-31-20-13-8-14-22(15-20)33(35)36)16-23(27(24)34)28-29-25(18-9-4-2-5-10-18)26(30-28)19-11-6-3-7-12-19/h2-17,34H,1H3,(H,29,30). The van der Waals surface area contributed by atoms with Gasteiger partial charge in [0, 0.05) is 29.3 Å². The lowest BCUT2D eigenvalue weighted by Crippen LogP contribution is -1.88. The van der Waals surface area contributed by atoms with Crippen LogP contribution >= 0.6 is 0 Å². The zero-order valence-corrected chi connectivity index (χ0v) is 19.7. The highest BCUT2D eigenvalue weighted by atomic mass is 16.6. The molecule has 0 radical (unpaired) electrons. The maximum atomic E-state index is 11.1. The van der Waals surface area contributed by atoms with Crippen molar-refractivity contribution in [3.8, 4) is 45.4 Å². The lowest BCUT2D eigenvalue weighted by atomic mass is 10.1. The van der Waals surface area contributed by atoms with Crippen LogP contribution in [0.25, 0.3) is 33.9 Å². The van der Waals surface area contributed by atoms with E-state index in [1.807, 2.05) is 60.7 Å². The van der Waals surface area contributed by atoms with Gasteiger partial charge in [-0.25, -0.2) is 4.98 Å². The van der Waals surface area contributed by atoms with Crippen LogP contribution in [0.2, 0.25) is 0 Å². The summed E-state index contributed by atoms with van der Waals surface area (Å²) in [7, 11) is 1.44. The number of H-pyrrole nitrogens is 1. The van der Waals surface area contributed by atoms with Crippen LogP contribution in [0.1, 0.15) is 0 Å². The van der Waals surface area contributed by atoms with Crippen molar-refractivity contribution in [3.63, 3.8) is 0 Å². The molecule has 0 aliphatic heterocycles. The molecule has 9 nitrogen and oxygen atoms in total. The van der Waals surface area contributed by atoms with Crippen LogP contribution in [0.4, 0.5) is 17.1 Å². The number of rotatable bonds is 7. The summed E-state index contributed by atoms with van der Waals surface area (Å²) in [5.41, 5.74) is 4.34. The molecule has 0 aliphatic carbocycles. The van der Waals surface area contributed by atoms with Gasteiger partial charge in [0.2, 0.25) is 0 Å². The quantitative estimate of drug-likeness (QED) is 0.139. The first kappa shape index (κ1) is 23.4. The maximum Gasteiger partial charge on any atom is 0.271 e. The van der Waals surface area contributed by atoms with Gasteiger partial charge in [0.1, 0.15) is 5.82 Å². The van der Waals surface area contributed by atoms with Gasteiger partial charge in [-0.3, -0.25) is 10.1 Å². The highest BCUT2D eigenvalue weighted by Gasteiger charge is 2.20. The second-order valence-electron chi connectivity index (χ2n) is 8.06. The Kier molecular flexibility index (Phi) is 6.41. The molecule has 9 heteroatoms. The summed E-state index contributed by atoms with van der Waals surface area (Å²) in [6.07, 6.45) is 0. The lowest BCUT2D eigenvalue weighted by molar-refractivity contribution is -0.384. The van der Waals surface area contributed by atoms with Gasteiger partial charge in [-0.2, -0.15) is 10.2 Å². The van der Waals surface area contributed by atoms with Crippen LogP contribution in [0.15, 0.2) is 107 Å². The first-order valence-corrected chi connectivity index (χ1v) is 11.3. The van der Waals surface area contributed by atoms with Crippen LogP contribution < -0.4 is 4.74 Å². The third-order valence-corrected chi connectivity index (χ3v) is 5.67. The summed E-state index contributed by atoms with van der Waals surface area (Å²) in [6.45, 7) is 0. The van der Waals surface area contributed by atoms with E-state index in [0.29, 0.717) is 22.8 Å². The topological polar surface area (TPSA) is 126 Å². The molecule has 0 spiro atoms. The molecule has 0 saturated carbocycles. The van der Waals surface area contributed by atoms with Crippen molar-refractivity contribution in [2.24, 2.45) is 10.2 Å². The van der Waals surface area contributed by atoms with E-state index in [4.69, 9.17) is 9.72 Å². The average molecular weight is 492 g/mol. The number of phenols is 1. The highest BCUT2D eigenvalue weighted by molar-refractivity contribution is 5.83. The van der Waals surface area contributed by atoms with Gasteiger partial charge in [-0.15, -0.1) is 0 Å². The number of phenolic OH excluding ortho intramolecular Hbond substituents is 1. The Bertz CT molecular complexity index is 1540. The third kappa shape index (κ3) is 4.92. The van der Waals surface area contributed by atoms with Gasteiger partial charge < -0.3 is 14.8 Å². The minimum absolute atomic E-state index is 0.0853. The molecular weight excluding hydrogens is 470 g/mol. The summed E-state index contributed by atoms with van der Waals surface area (Å²) in [5, 5.41) is 30.4. The number of non-ortho nitro benzene ring substituents is 1. The Hall–Kier alpha value is -5.31. The summed E-state index contributed by atoms with van der Waals surface area (Å²) in [5.74, 6) is 0.495. The van der Waals surface area contributed by atoms with E-state index < -0.39 is 4.92 Å². The number of azo groups is 1. The van der Waals surface area contributed by atoms with E-state index in [1.165, 1.54) is 31.4 Å². The van der Waals surface area contributed by atoms with E-state index in [9.17, 15) is 15.2 Å². The monoisotopic (exact) mass is 491 g/mol.